The third-order valence-electron chi connectivity index (χ3n) is 3.77. The third-order valence-corrected chi connectivity index (χ3v) is 4.64. The molecule has 22 heavy (non-hydrogen) atoms. The number of carbonyl (C=O) groups excluding carboxylic acids is 2. The summed E-state index contributed by atoms with van der Waals surface area (Å²) >= 11 is 1.38. The normalized spacial score (nSPS) is 17.0. The summed E-state index contributed by atoms with van der Waals surface area (Å²) in [5.74, 6) is -0.151. The zero-order chi connectivity index (χ0) is 15.8. The molecule has 7 heteroatoms. The second kappa shape index (κ2) is 8.87. The number of carbonyl (C=O) groups is 2. The molecule has 1 aromatic heterocycles. The maximum atomic E-state index is 12.4. The molecule has 0 spiro atoms. The van der Waals surface area contributed by atoms with E-state index in [0.29, 0.717) is 18.0 Å². The summed E-state index contributed by atoms with van der Waals surface area (Å²) in [4.78, 5) is 25.3. The highest BCUT2D eigenvalue weighted by molar-refractivity contribution is 7.12. The smallest absolute Gasteiger partial charge is 0.262 e. The third kappa shape index (κ3) is 4.79. The number of ether oxygens (including phenoxy) is 1. The molecule has 0 aromatic carbocycles. The van der Waals surface area contributed by atoms with E-state index in [1.807, 2.05) is 11.4 Å². The summed E-state index contributed by atoms with van der Waals surface area (Å²) in [7, 11) is 1.59. The van der Waals surface area contributed by atoms with Crippen molar-refractivity contribution >= 4 is 23.2 Å². The van der Waals surface area contributed by atoms with Crippen LogP contribution in [0, 0.1) is 5.92 Å². The van der Waals surface area contributed by atoms with E-state index in [0.717, 1.165) is 25.9 Å². The van der Waals surface area contributed by atoms with Gasteiger partial charge in [0.2, 0.25) is 5.91 Å². The minimum atomic E-state index is -0.492. The number of rotatable bonds is 7. The Hall–Kier alpha value is -1.44. The standard InChI is InChI=1S/C15H23N3O3S/c1-21-9-8-17-15(20)13(11-4-6-16-7-5-11)18-14(19)12-3-2-10-22-12/h2-3,10-11,13,16H,4-9H2,1H3,(H,17,20)(H,18,19). The van der Waals surface area contributed by atoms with Crippen LogP contribution in [-0.4, -0.2) is 51.2 Å². The Morgan fingerprint density at radius 2 is 2.23 bits per heavy atom. The van der Waals surface area contributed by atoms with E-state index in [9.17, 15) is 9.59 Å². The van der Waals surface area contributed by atoms with E-state index < -0.39 is 6.04 Å². The number of piperidine rings is 1. The van der Waals surface area contributed by atoms with Gasteiger partial charge in [0.05, 0.1) is 11.5 Å². The summed E-state index contributed by atoms with van der Waals surface area (Å²) in [5.41, 5.74) is 0. The average Bonchev–Trinajstić information content (AvgIpc) is 3.08. The van der Waals surface area contributed by atoms with Crippen LogP contribution in [0.25, 0.3) is 0 Å². The molecule has 1 atom stereocenters. The van der Waals surface area contributed by atoms with Gasteiger partial charge in [0.1, 0.15) is 6.04 Å². The maximum Gasteiger partial charge on any atom is 0.262 e. The van der Waals surface area contributed by atoms with Crippen LogP contribution in [0.3, 0.4) is 0 Å². The molecule has 1 aliphatic heterocycles. The van der Waals surface area contributed by atoms with Crippen LogP contribution in [0.4, 0.5) is 0 Å². The average molecular weight is 325 g/mol. The lowest BCUT2D eigenvalue weighted by Crippen LogP contribution is -2.53. The van der Waals surface area contributed by atoms with Crippen LogP contribution in [0.1, 0.15) is 22.5 Å². The topological polar surface area (TPSA) is 79.5 Å². The van der Waals surface area contributed by atoms with Crippen LogP contribution in [-0.2, 0) is 9.53 Å². The fourth-order valence-electron chi connectivity index (χ4n) is 2.58. The highest BCUT2D eigenvalue weighted by Crippen LogP contribution is 2.18. The Labute approximate surface area is 134 Å². The molecular weight excluding hydrogens is 302 g/mol. The van der Waals surface area contributed by atoms with Crippen molar-refractivity contribution in [2.75, 3.05) is 33.4 Å². The number of hydrogen-bond acceptors (Lipinski definition) is 5. The lowest BCUT2D eigenvalue weighted by molar-refractivity contribution is -0.124. The van der Waals surface area contributed by atoms with Crippen LogP contribution < -0.4 is 16.0 Å². The summed E-state index contributed by atoms with van der Waals surface area (Å²) in [6.45, 7) is 2.66. The minimum Gasteiger partial charge on any atom is -0.383 e. The number of hydrogen-bond donors (Lipinski definition) is 3. The first-order valence-corrected chi connectivity index (χ1v) is 8.42. The van der Waals surface area contributed by atoms with E-state index in [4.69, 9.17) is 4.74 Å². The second-order valence-corrected chi connectivity index (χ2v) is 6.25. The first-order valence-electron chi connectivity index (χ1n) is 7.54. The highest BCUT2D eigenvalue weighted by atomic mass is 32.1. The predicted molar refractivity (Wildman–Crippen MR) is 86.1 cm³/mol. The Kier molecular flexibility index (Phi) is 6.82. The van der Waals surface area contributed by atoms with E-state index >= 15 is 0 Å². The van der Waals surface area contributed by atoms with Crippen molar-refractivity contribution in [3.8, 4) is 0 Å². The molecule has 2 amide bonds. The van der Waals surface area contributed by atoms with Crippen LogP contribution in [0.2, 0.25) is 0 Å². The molecule has 0 bridgehead atoms. The summed E-state index contributed by atoms with van der Waals surface area (Å²) in [6, 6.07) is 3.11. The molecule has 0 radical (unpaired) electrons. The summed E-state index contributed by atoms with van der Waals surface area (Å²) in [6.07, 6.45) is 1.76. The van der Waals surface area contributed by atoms with Crippen LogP contribution in [0.15, 0.2) is 17.5 Å². The molecule has 0 saturated carbocycles. The summed E-state index contributed by atoms with van der Waals surface area (Å²) in [5, 5.41) is 10.9. The van der Waals surface area contributed by atoms with Crippen LogP contribution in [0.5, 0.6) is 0 Å². The van der Waals surface area contributed by atoms with Gasteiger partial charge in [-0.25, -0.2) is 0 Å². The molecule has 2 heterocycles. The molecule has 1 aromatic rings. The van der Waals surface area contributed by atoms with Crippen molar-refractivity contribution < 1.29 is 14.3 Å². The second-order valence-electron chi connectivity index (χ2n) is 5.30. The van der Waals surface area contributed by atoms with Crippen molar-refractivity contribution in [1.29, 1.82) is 0 Å². The van der Waals surface area contributed by atoms with Crippen molar-refractivity contribution in [3.05, 3.63) is 22.4 Å². The molecule has 0 aliphatic carbocycles. The molecule has 122 valence electrons. The SMILES string of the molecule is COCCNC(=O)C(NC(=O)c1cccs1)C1CCNCC1. The number of nitrogens with one attached hydrogen (secondary N) is 3. The van der Waals surface area contributed by atoms with E-state index in [-0.39, 0.29) is 17.7 Å². The molecule has 1 aliphatic rings. The van der Waals surface area contributed by atoms with Gasteiger partial charge in [-0.15, -0.1) is 11.3 Å². The minimum absolute atomic E-state index is 0.131. The Morgan fingerprint density at radius 1 is 1.45 bits per heavy atom. The van der Waals surface area contributed by atoms with Gasteiger partial charge in [0.25, 0.3) is 5.91 Å². The van der Waals surface area contributed by atoms with Gasteiger partial charge >= 0.3 is 0 Å². The van der Waals surface area contributed by atoms with Gasteiger partial charge in [0.15, 0.2) is 0 Å². The van der Waals surface area contributed by atoms with E-state index in [2.05, 4.69) is 16.0 Å². The Bertz CT molecular complexity index is 472. The number of methoxy groups -OCH3 is 1. The number of amides is 2. The zero-order valence-electron chi connectivity index (χ0n) is 12.8. The van der Waals surface area contributed by atoms with Crippen molar-refractivity contribution in [1.82, 2.24) is 16.0 Å². The summed E-state index contributed by atoms with van der Waals surface area (Å²) < 4.78 is 4.95. The molecule has 1 fully saturated rings. The monoisotopic (exact) mass is 325 g/mol. The quantitative estimate of drug-likeness (QED) is 0.642. The molecule has 3 N–H and O–H groups in total. The molecule has 1 unspecified atom stereocenters. The van der Waals surface area contributed by atoms with Gasteiger partial charge in [0, 0.05) is 13.7 Å². The van der Waals surface area contributed by atoms with E-state index in [1.54, 1.807) is 13.2 Å². The van der Waals surface area contributed by atoms with E-state index in [1.165, 1.54) is 11.3 Å². The van der Waals surface area contributed by atoms with Gasteiger partial charge in [-0.1, -0.05) is 6.07 Å². The Balaban J connectivity index is 2.00. The van der Waals surface area contributed by atoms with Crippen molar-refractivity contribution in [2.24, 2.45) is 5.92 Å². The van der Waals surface area contributed by atoms with Gasteiger partial charge in [-0.05, 0) is 43.3 Å². The first kappa shape index (κ1) is 16.9. The number of thiophene rings is 1. The molecule has 1 saturated heterocycles. The first-order chi connectivity index (χ1) is 10.7. The van der Waals surface area contributed by atoms with Gasteiger partial charge in [-0.2, -0.15) is 0 Å². The fraction of sp³-hybridized carbons (Fsp3) is 0.600. The Morgan fingerprint density at radius 3 is 2.86 bits per heavy atom. The lowest BCUT2D eigenvalue weighted by Gasteiger charge is -2.30. The molecule has 6 nitrogen and oxygen atoms in total. The largest absolute Gasteiger partial charge is 0.383 e. The van der Waals surface area contributed by atoms with Crippen molar-refractivity contribution in [3.63, 3.8) is 0 Å². The molecule has 2 rings (SSSR count). The predicted octanol–water partition coefficient (Wildman–Crippen LogP) is 0.609. The van der Waals surface area contributed by atoms with Gasteiger partial charge < -0.3 is 20.7 Å². The maximum absolute atomic E-state index is 12.4. The fourth-order valence-corrected chi connectivity index (χ4v) is 3.21. The van der Waals surface area contributed by atoms with Crippen LogP contribution >= 0.6 is 11.3 Å². The van der Waals surface area contributed by atoms with Crippen molar-refractivity contribution in [2.45, 2.75) is 18.9 Å². The molecular formula is C15H23N3O3S. The van der Waals surface area contributed by atoms with Gasteiger partial charge in [-0.3, -0.25) is 9.59 Å². The highest BCUT2D eigenvalue weighted by Gasteiger charge is 2.31. The zero-order valence-corrected chi connectivity index (χ0v) is 13.6. The lowest BCUT2D eigenvalue weighted by atomic mass is 9.89.